The Bertz CT molecular complexity index is 1490. The molecule has 2 amide bonds. The number of aromatic nitrogens is 2. The summed E-state index contributed by atoms with van der Waals surface area (Å²) in [5.74, 6) is -0.388. The summed E-state index contributed by atoms with van der Waals surface area (Å²) in [4.78, 5) is 31.8. The van der Waals surface area contributed by atoms with E-state index >= 15 is 0 Å². The number of amides is 2. The van der Waals surface area contributed by atoms with Gasteiger partial charge in [-0.1, -0.05) is 78.9 Å². The third-order valence-electron chi connectivity index (χ3n) is 6.08. The Morgan fingerprint density at radius 1 is 0.917 bits per heavy atom. The van der Waals surface area contributed by atoms with Crippen LogP contribution in [-0.2, 0) is 6.42 Å². The molecule has 6 nitrogen and oxygen atoms in total. The van der Waals surface area contributed by atoms with E-state index in [4.69, 9.17) is 0 Å². The molecule has 1 atom stereocenters. The van der Waals surface area contributed by atoms with Crippen LogP contribution in [0.4, 0.5) is 0 Å². The molecule has 180 valence electrons. The van der Waals surface area contributed by atoms with Crippen molar-refractivity contribution in [1.82, 2.24) is 20.0 Å². The zero-order valence-electron chi connectivity index (χ0n) is 19.8. The van der Waals surface area contributed by atoms with Crippen LogP contribution < -0.4 is 10.6 Å². The Morgan fingerprint density at radius 2 is 1.61 bits per heavy atom. The number of benzene rings is 3. The van der Waals surface area contributed by atoms with Gasteiger partial charge >= 0.3 is 0 Å². The van der Waals surface area contributed by atoms with E-state index in [0.717, 1.165) is 21.7 Å². The molecular weight excluding hydrogens is 468 g/mol. The van der Waals surface area contributed by atoms with E-state index in [1.165, 1.54) is 11.3 Å². The molecule has 0 fully saturated rings. The van der Waals surface area contributed by atoms with Gasteiger partial charge in [-0.05, 0) is 36.1 Å². The zero-order chi connectivity index (χ0) is 24.9. The molecule has 2 aromatic heterocycles. The van der Waals surface area contributed by atoms with Crippen LogP contribution in [0.25, 0.3) is 16.1 Å². The summed E-state index contributed by atoms with van der Waals surface area (Å²) < 4.78 is 1.80. The molecule has 2 N–H and O–H groups in total. The topological polar surface area (TPSA) is 75.5 Å². The summed E-state index contributed by atoms with van der Waals surface area (Å²) in [6.07, 6.45) is 2.43. The van der Waals surface area contributed by atoms with Gasteiger partial charge in [0.1, 0.15) is 5.69 Å². The summed E-state index contributed by atoms with van der Waals surface area (Å²) in [5.41, 5.74) is 4.72. The summed E-state index contributed by atoms with van der Waals surface area (Å²) in [6, 6.07) is 27.1. The van der Waals surface area contributed by atoms with Crippen molar-refractivity contribution in [3.05, 3.63) is 119 Å². The van der Waals surface area contributed by atoms with Crippen molar-refractivity contribution in [3.8, 4) is 11.1 Å². The number of rotatable bonds is 8. The van der Waals surface area contributed by atoms with Gasteiger partial charge in [-0.15, -0.1) is 11.3 Å². The van der Waals surface area contributed by atoms with Crippen molar-refractivity contribution in [3.63, 3.8) is 0 Å². The monoisotopic (exact) mass is 494 g/mol. The van der Waals surface area contributed by atoms with Crippen molar-refractivity contribution in [2.45, 2.75) is 19.4 Å². The molecule has 0 unspecified atom stereocenters. The van der Waals surface area contributed by atoms with E-state index in [1.807, 2.05) is 103 Å². The van der Waals surface area contributed by atoms with Gasteiger partial charge < -0.3 is 10.6 Å². The molecule has 36 heavy (non-hydrogen) atoms. The molecule has 0 spiro atoms. The minimum atomic E-state index is -0.307. The highest BCUT2D eigenvalue weighted by Crippen LogP contribution is 2.23. The predicted molar refractivity (Wildman–Crippen MR) is 143 cm³/mol. The van der Waals surface area contributed by atoms with Crippen molar-refractivity contribution in [2.24, 2.45) is 0 Å². The minimum absolute atomic E-state index is 0.176. The summed E-state index contributed by atoms with van der Waals surface area (Å²) in [7, 11) is 0. The summed E-state index contributed by atoms with van der Waals surface area (Å²) >= 11 is 1.49. The number of hydrogen-bond donors (Lipinski definition) is 2. The van der Waals surface area contributed by atoms with Gasteiger partial charge in [0, 0.05) is 23.7 Å². The van der Waals surface area contributed by atoms with Gasteiger partial charge in [0.25, 0.3) is 11.8 Å². The minimum Gasteiger partial charge on any atom is -0.349 e. The van der Waals surface area contributed by atoms with Gasteiger partial charge in [0.2, 0.25) is 0 Å². The van der Waals surface area contributed by atoms with Crippen LogP contribution in [0.2, 0.25) is 0 Å². The largest absolute Gasteiger partial charge is 0.349 e. The Balaban J connectivity index is 1.37. The normalized spacial score (nSPS) is 11.8. The predicted octanol–water partition coefficient (Wildman–Crippen LogP) is 5.14. The molecule has 0 saturated carbocycles. The first-order chi connectivity index (χ1) is 17.6. The molecule has 0 aliphatic carbocycles. The quantitative estimate of drug-likeness (QED) is 0.314. The van der Waals surface area contributed by atoms with Crippen LogP contribution in [0.15, 0.2) is 96.5 Å². The van der Waals surface area contributed by atoms with Crippen LogP contribution in [0, 0.1) is 6.92 Å². The van der Waals surface area contributed by atoms with E-state index in [1.54, 1.807) is 4.40 Å². The average Bonchev–Trinajstić information content (AvgIpc) is 3.48. The van der Waals surface area contributed by atoms with Gasteiger partial charge in [-0.2, -0.15) is 0 Å². The lowest BCUT2D eigenvalue weighted by Crippen LogP contribution is -2.45. The molecule has 5 rings (SSSR count). The molecular formula is C29H26N4O2S. The fourth-order valence-electron chi connectivity index (χ4n) is 4.35. The maximum Gasteiger partial charge on any atom is 0.270 e. The SMILES string of the molecule is Cc1nc2sccn2c1C(=O)NC[C@H](Cc1ccccc1)NC(=O)c1ccccc1-c1ccccc1. The second kappa shape index (κ2) is 10.6. The lowest BCUT2D eigenvalue weighted by molar-refractivity contribution is 0.0906. The van der Waals surface area contributed by atoms with Crippen LogP contribution >= 0.6 is 11.3 Å². The van der Waals surface area contributed by atoms with Gasteiger partial charge in [0.15, 0.2) is 4.96 Å². The third kappa shape index (κ3) is 5.06. The van der Waals surface area contributed by atoms with Crippen molar-refractivity contribution < 1.29 is 9.59 Å². The number of carbonyl (C=O) groups excluding carboxylic acids is 2. The maximum absolute atomic E-state index is 13.5. The lowest BCUT2D eigenvalue weighted by Gasteiger charge is -2.21. The van der Waals surface area contributed by atoms with Crippen LogP contribution in [0.3, 0.4) is 0 Å². The first kappa shape index (κ1) is 23.5. The number of nitrogens with one attached hydrogen (secondary N) is 2. The first-order valence-electron chi connectivity index (χ1n) is 11.8. The van der Waals surface area contributed by atoms with Crippen molar-refractivity contribution in [2.75, 3.05) is 6.54 Å². The molecule has 5 aromatic rings. The second-order valence-electron chi connectivity index (χ2n) is 8.58. The molecule has 2 heterocycles. The second-order valence-corrected chi connectivity index (χ2v) is 9.46. The van der Waals surface area contributed by atoms with E-state index in [0.29, 0.717) is 23.4 Å². The highest BCUT2D eigenvalue weighted by Gasteiger charge is 2.21. The van der Waals surface area contributed by atoms with E-state index in [2.05, 4.69) is 15.6 Å². The summed E-state index contributed by atoms with van der Waals surface area (Å²) in [5, 5.41) is 8.09. The number of thiazole rings is 1. The Hall–Kier alpha value is -4.23. The zero-order valence-corrected chi connectivity index (χ0v) is 20.7. The molecule has 0 aliphatic heterocycles. The lowest BCUT2D eigenvalue weighted by atomic mass is 9.98. The van der Waals surface area contributed by atoms with Gasteiger partial charge in [-0.25, -0.2) is 4.98 Å². The first-order valence-corrected chi connectivity index (χ1v) is 12.7. The third-order valence-corrected chi connectivity index (χ3v) is 6.83. The Kier molecular flexibility index (Phi) is 6.91. The Morgan fingerprint density at radius 3 is 2.39 bits per heavy atom. The standard InChI is InChI=1S/C29H26N4O2S/c1-20-26(33-16-17-36-29(33)31-20)28(35)30-19-23(18-21-10-4-2-5-11-21)32-27(34)25-15-9-8-14-24(25)22-12-6-3-7-13-22/h2-17,23H,18-19H2,1H3,(H,30,35)(H,32,34)/t23-/m0/s1. The summed E-state index contributed by atoms with van der Waals surface area (Å²) in [6.45, 7) is 2.11. The molecule has 7 heteroatoms. The fourth-order valence-corrected chi connectivity index (χ4v) is 5.11. The Labute approximate surface area is 213 Å². The molecule has 0 bridgehead atoms. The van der Waals surface area contributed by atoms with Gasteiger partial charge in [-0.3, -0.25) is 14.0 Å². The smallest absolute Gasteiger partial charge is 0.270 e. The van der Waals surface area contributed by atoms with Crippen LogP contribution in [0.5, 0.6) is 0 Å². The molecule has 0 radical (unpaired) electrons. The number of aryl methyl sites for hydroxylation is 1. The van der Waals surface area contributed by atoms with E-state index in [9.17, 15) is 9.59 Å². The fraction of sp³-hybridized carbons (Fsp3) is 0.138. The molecule has 0 aliphatic rings. The number of imidazole rings is 1. The van der Waals surface area contributed by atoms with E-state index in [-0.39, 0.29) is 24.4 Å². The molecule has 3 aromatic carbocycles. The number of hydrogen-bond acceptors (Lipinski definition) is 4. The van der Waals surface area contributed by atoms with Crippen molar-refractivity contribution >= 4 is 28.1 Å². The average molecular weight is 495 g/mol. The molecule has 0 saturated heterocycles. The highest BCUT2D eigenvalue weighted by atomic mass is 32.1. The number of nitrogens with zero attached hydrogens (tertiary/aromatic N) is 2. The number of carbonyl (C=O) groups is 2. The van der Waals surface area contributed by atoms with E-state index < -0.39 is 0 Å². The highest BCUT2D eigenvalue weighted by molar-refractivity contribution is 7.15. The van der Waals surface area contributed by atoms with Crippen LogP contribution in [0.1, 0.15) is 32.1 Å². The maximum atomic E-state index is 13.5. The number of fused-ring (bicyclic) bond motifs is 1. The van der Waals surface area contributed by atoms with Crippen LogP contribution in [-0.4, -0.2) is 33.8 Å². The van der Waals surface area contributed by atoms with Crippen molar-refractivity contribution in [1.29, 1.82) is 0 Å². The van der Waals surface area contributed by atoms with Gasteiger partial charge in [0.05, 0.1) is 11.7 Å².